The standard InChI is InChI=1S/C16H20ClN3/c1-10(2)14-15(17)18-9-19-16(14)20(5)13-7-11(3)6-12(4)8-13/h6-10H,1-5H3. The summed E-state index contributed by atoms with van der Waals surface area (Å²) < 4.78 is 0. The summed E-state index contributed by atoms with van der Waals surface area (Å²) >= 11 is 6.24. The zero-order chi connectivity index (χ0) is 14.9. The third kappa shape index (κ3) is 2.93. The Labute approximate surface area is 125 Å². The van der Waals surface area contributed by atoms with Gasteiger partial charge >= 0.3 is 0 Å². The smallest absolute Gasteiger partial charge is 0.141 e. The number of hydrogen-bond acceptors (Lipinski definition) is 3. The van der Waals surface area contributed by atoms with Gasteiger partial charge in [0.25, 0.3) is 0 Å². The summed E-state index contributed by atoms with van der Waals surface area (Å²) in [6, 6.07) is 6.45. The lowest BCUT2D eigenvalue weighted by atomic mass is 10.0. The molecule has 0 fully saturated rings. The molecule has 1 aromatic carbocycles. The lowest BCUT2D eigenvalue weighted by Crippen LogP contribution is -2.15. The first kappa shape index (κ1) is 14.8. The largest absolute Gasteiger partial charge is 0.329 e. The topological polar surface area (TPSA) is 29.0 Å². The molecule has 20 heavy (non-hydrogen) atoms. The number of aromatic nitrogens is 2. The lowest BCUT2D eigenvalue weighted by molar-refractivity contribution is 0.839. The first-order valence-electron chi connectivity index (χ1n) is 6.72. The Hall–Kier alpha value is -1.61. The number of benzene rings is 1. The van der Waals surface area contributed by atoms with Gasteiger partial charge in [-0.3, -0.25) is 0 Å². The molecule has 0 bridgehead atoms. The van der Waals surface area contributed by atoms with E-state index in [1.807, 2.05) is 7.05 Å². The summed E-state index contributed by atoms with van der Waals surface area (Å²) in [5.41, 5.74) is 4.56. The van der Waals surface area contributed by atoms with Crippen molar-refractivity contribution in [3.05, 3.63) is 46.4 Å². The average Bonchev–Trinajstić information content (AvgIpc) is 2.35. The predicted octanol–water partition coefficient (Wildman–Crippen LogP) is 4.64. The minimum absolute atomic E-state index is 0.270. The minimum Gasteiger partial charge on any atom is -0.329 e. The molecule has 0 saturated carbocycles. The maximum Gasteiger partial charge on any atom is 0.141 e. The Morgan fingerprint density at radius 2 is 1.65 bits per heavy atom. The summed E-state index contributed by atoms with van der Waals surface area (Å²) in [6.07, 6.45) is 1.52. The third-order valence-electron chi connectivity index (χ3n) is 3.30. The second-order valence-corrected chi connectivity index (χ2v) is 5.82. The molecule has 1 aromatic heterocycles. The van der Waals surface area contributed by atoms with Crippen molar-refractivity contribution in [2.75, 3.05) is 11.9 Å². The Kier molecular flexibility index (Phi) is 4.29. The van der Waals surface area contributed by atoms with E-state index in [4.69, 9.17) is 11.6 Å². The molecule has 3 nitrogen and oxygen atoms in total. The van der Waals surface area contributed by atoms with E-state index < -0.39 is 0 Å². The molecule has 0 aliphatic heterocycles. The van der Waals surface area contributed by atoms with Crippen molar-refractivity contribution in [2.45, 2.75) is 33.6 Å². The number of halogens is 1. The number of anilines is 2. The summed E-state index contributed by atoms with van der Waals surface area (Å²) in [5.74, 6) is 1.14. The van der Waals surface area contributed by atoms with E-state index in [2.05, 4.69) is 60.8 Å². The lowest BCUT2D eigenvalue weighted by Gasteiger charge is -2.23. The van der Waals surface area contributed by atoms with Crippen molar-refractivity contribution in [3.63, 3.8) is 0 Å². The van der Waals surface area contributed by atoms with Crippen LogP contribution in [-0.4, -0.2) is 17.0 Å². The summed E-state index contributed by atoms with van der Waals surface area (Å²) in [7, 11) is 2.01. The first-order chi connectivity index (χ1) is 9.40. The van der Waals surface area contributed by atoms with Crippen molar-refractivity contribution < 1.29 is 0 Å². The number of hydrogen-bond donors (Lipinski definition) is 0. The van der Waals surface area contributed by atoms with Gasteiger partial charge in [-0.15, -0.1) is 0 Å². The fraction of sp³-hybridized carbons (Fsp3) is 0.375. The van der Waals surface area contributed by atoms with Crippen LogP contribution in [0.25, 0.3) is 0 Å². The van der Waals surface area contributed by atoms with Crippen molar-refractivity contribution in [1.82, 2.24) is 9.97 Å². The van der Waals surface area contributed by atoms with Crippen LogP contribution >= 0.6 is 11.6 Å². The number of nitrogens with zero attached hydrogens (tertiary/aromatic N) is 3. The Balaban J connectivity index is 2.53. The highest BCUT2D eigenvalue weighted by molar-refractivity contribution is 6.30. The zero-order valence-corrected chi connectivity index (χ0v) is 13.4. The molecule has 0 spiro atoms. The monoisotopic (exact) mass is 289 g/mol. The summed E-state index contributed by atoms with van der Waals surface area (Å²) in [6.45, 7) is 8.40. The molecule has 106 valence electrons. The highest BCUT2D eigenvalue weighted by atomic mass is 35.5. The Bertz CT molecular complexity index is 603. The van der Waals surface area contributed by atoms with Crippen molar-refractivity contribution >= 4 is 23.1 Å². The third-order valence-corrected chi connectivity index (χ3v) is 3.60. The molecule has 0 atom stereocenters. The highest BCUT2D eigenvalue weighted by Gasteiger charge is 2.17. The van der Waals surface area contributed by atoms with Crippen molar-refractivity contribution in [1.29, 1.82) is 0 Å². The number of rotatable bonds is 3. The van der Waals surface area contributed by atoms with Crippen molar-refractivity contribution in [3.8, 4) is 0 Å². The average molecular weight is 290 g/mol. The van der Waals surface area contributed by atoms with Crippen molar-refractivity contribution in [2.24, 2.45) is 0 Å². The maximum absolute atomic E-state index is 6.24. The molecule has 1 heterocycles. The summed E-state index contributed by atoms with van der Waals surface area (Å²) in [4.78, 5) is 10.6. The van der Waals surface area contributed by atoms with Gasteiger partial charge in [0.15, 0.2) is 0 Å². The van der Waals surface area contributed by atoms with Gasteiger partial charge in [0.1, 0.15) is 17.3 Å². The van der Waals surface area contributed by atoms with Gasteiger partial charge in [0, 0.05) is 18.3 Å². The fourth-order valence-electron chi connectivity index (χ4n) is 2.40. The Morgan fingerprint density at radius 1 is 1.05 bits per heavy atom. The van der Waals surface area contributed by atoms with E-state index in [0.29, 0.717) is 5.15 Å². The van der Waals surface area contributed by atoms with Crippen LogP contribution in [0.4, 0.5) is 11.5 Å². The molecule has 2 aromatic rings. The van der Waals surface area contributed by atoms with E-state index in [0.717, 1.165) is 17.1 Å². The molecular weight excluding hydrogens is 270 g/mol. The van der Waals surface area contributed by atoms with Gasteiger partial charge in [-0.25, -0.2) is 9.97 Å². The van der Waals surface area contributed by atoms with Gasteiger partial charge < -0.3 is 4.90 Å². The van der Waals surface area contributed by atoms with Crippen LogP contribution in [0.5, 0.6) is 0 Å². The quantitative estimate of drug-likeness (QED) is 0.771. The van der Waals surface area contributed by atoms with Crippen LogP contribution in [0.15, 0.2) is 24.5 Å². The molecular formula is C16H20ClN3. The highest BCUT2D eigenvalue weighted by Crippen LogP contribution is 2.33. The van der Waals surface area contributed by atoms with Gasteiger partial charge in [-0.05, 0) is 43.0 Å². The molecule has 0 N–H and O–H groups in total. The van der Waals surface area contributed by atoms with E-state index in [1.165, 1.54) is 17.5 Å². The van der Waals surface area contributed by atoms with Gasteiger partial charge in [-0.1, -0.05) is 31.5 Å². The van der Waals surface area contributed by atoms with Crippen LogP contribution in [0.3, 0.4) is 0 Å². The molecule has 2 rings (SSSR count). The molecule has 0 saturated heterocycles. The molecule has 0 unspecified atom stereocenters. The second kappa shape index (κ2) is 5.80. The van der Waals surface area contributed by atoms with Crippen LogP contribution in [0.1, 0.15) is 36.5 Å². The van der Waals surface area contributed by atoms with Crippen LogP contribution < -0.4 is 4.90 Å². The minimum atomic E-state index is 0.270. The van der Waals surface area contributed by atoms with Crippen LogP contribution in [0, 0.1) is 13.8 Å². The Morgan fingerprint density at radius 3 is 2.20 bits per heavy atom. The van der Waals surface area contributed by atoms with Gasteiger partial charge in [0.05, 0.1) is 0 Å². The van der Waals surface area contributed by atoms with E-state index in [1.54, 1.807) is 0 Å². The zero-order valence-electron chi connectivity index (χ0n) is 12.6. The van der Waals surface area contributed by atoms with Gasteiger partial charge in [0.2, 0.25) is 0 Å². The van der Waals surface area contributed by atoms with Crippen LogP contribution in [-0.2, 0) is 0 Å². The number of aryl methyl sites for hydroxylation is 2. The SMILES string of the molecule is Cc1cc(C)cc(N(C)c2ncnc(Cl)c2C(C)C)c1. The predicted molar refractivity (Wildman–Crippen MR) is 85.1 cm³/mol. The second-order valence-electron chi connectivity index (χ2n) is 5.46. The summed E-state index contributed by atoms with van der Waals surface area (Å²) in [5, 5.41) is 0.529. The van der Waals surface area contributed by atoms with Crippen LogP contribution in [0.2, 0.25) is 5.15 Å². The van der Waals surface area contributed by atoms with E-state index in [-0.39, 0.29) is 5.92 Å². The normalized spacial score (nSPS) is 10.9. The molecule has 4 heteroatoms. The molecule has 0 amide bonds. The first-order valence-corrected chi connectivity index (χ1v) is 7.10. The molecule has 0 aliphatic carbocycles. The molecule has 0 radical (unpaired) electrons. The van der Waals surface area contributed by atoms with E-state index >= 15 is 0 Å². The fourth-order valence-corrected chi connectivity index (χ4v) is 2.74. The van der Waals surface area contributed by atoms with E-state index in [9.17, 15) is 0 Å². The van der Waals surface area contributed by atoms with Gasteiger partial charge in [-0.2, -0.15) is 0 Å². The molecule has 0 aliphatic rings. The maximum atomic E-state index is 6.24.